The van der Waals surface area contributed by atoms with Crippen LogP contribution in [0.25, 0.3) is 0 Å². The molecule has 0 heterocycles. The van der Waals surface area contributed by atoms with Gasteiger partial charge in [-0.3, -0.25) is 4.79 Å². The highest BCUT2D eigenvalue weighted by Gasteiger charge is 2.21. The zero-order chi connectivity index (χ0) is 13.9. The van der Waals surface area contributed by atoms with Gasteiger partial charge in [-0.05, 0) is 56.9 Å². The third kappa shape index (κ3) is 4.46. The predicted molar refractivity (Wildman–Crippen MR) is 77.8 cm³/mol. The van der Waals surface area contributed by atoms with Crippen LogP contribution in [0.5, 0.6) is 0 Å². The van der Waals surface area contributed by atoms with Crippen molar-refractivity contribution in [1.82, 2.24) is 0 Å². The Kier molecular flexibility index (Phi) is 5.00. The van der Waals surface area contributed by atoms with Gasteiger partial charge in [-0.25, -0.2) is 0 Å². The summed E-state index contributed by atoms with van der Waals surface area (Å²) in [6.07, 6.45) is 0. The maximum Gasteiger partial charge on any atom is 0.188 e. The highest BCUT2D eigenvalue weighted by molar-refractivity contribution is 8.14. The highest BCUT2D eigenvalue weighted by atomic mass is 32.2. The van der Waals surface area contributed by atoms with Crippen LogP contribution >= 0.6 is 11.8 Å². The third-order valence-corrected chi connectivity index (χ3v) is 3.86. The molecule has 2 nitrogen and oxygen atoms in total. The minimum atomic E-state index is -0.474. The van der Waals surface area contributed by atoms with Crippen molar-refractivity contribution in [1.29, 1.82) is 0 Å². The topological polar surface area (TPSA) is 26.3 Å². The number of ether oxygens (including phenoxy) is 1. The van der Waals surface area contributed by atoms with E-state index in [4.69, 9.17) is 4.74 Å². The van der Waals surface area contributed by atoms with E-state index in [0.29, 0.717) is 6.61 Å². The fourth-order valence-electron chi connectivity index (χ4n) is 1.84. The summed E-state index contributed by atoms with van der Waals surface area (Å²) in [6.45, 7) is 12.3. The van der Waals surface area contributed by atoms with Gasteiger partial charge in [0.15, 0.2) is 5.12 Å². The van der Waals surface area contributed by atoms with Gasteiger partial charge in [0, 0.05) is 6.92 Å². The van der Waals surface area contributed by atoms with Gasteiger partial charge < -0.3 is 4.74 Å². The van der Waals surface area contributed by atoms with Crippen LogP contribution in [0.4, 0.5) is 0 Å². The number of rotatable bonds is 4. The molecule has 0 radical (unpaired) electrons. The Morgan fingerprint density at radius 2 is 1.72 bits per heavy atom. The lowest BCUT2D eigenvalue weighted by molar-refractivity contribution is -0.109. The molecule has 0 aliphatic carbocycles. The number of carbonyl (C=O) groups excluding carboxylic acids is 1. The molecule has 1 aromatic rings. The fraction of sp³-hybridized carbons (Fsp3) is 0.533. The number of thioether (sulfide) groups is 1. The Bertz CT molecular complexity index is 427. The van der Waals surface area contributed by atoms with Gasteiger partial charge >= 0.3 is 0 Å². The maximum absolute atomic E-state index is 11.1. The van der Waals surface area contributed by atoms with Crippen LogP contribution in [-0.2, 0) is 16.1 Å². The molecule has 18 heavy (non-hydrogen) atoms. The zero-order valence-corrected chi connectivity index (χ0v) is 12.9. The lowest BCUT2D eigenvalue weighted by Crippen LogP contribution is -2.21. The van der Waals surface area contributed by atoms with Gasteiger partial charge in [0.1, 0.15) is 4.93 Å². The maximum atomic E-state index is 11.1. The normalized spacial score (nSPS) is 11.7. The number of hydrogen-bond acceptors (Lipinski definition) is 3. The number of carbonyl (C=O) groups is 1. The number of aryl methyl sites for hydroxylation is 2. The summed E-state index contributed by atoms with van der Waals surface area (Å²) in [5, 5.41) is 0.0799. The summed E-state index contributed by atoms with van der Waals surface area (Å²) in [6, 6.07) is 4.30. The van der Waals surface area contributed by atoms with Gasteiger partial charge in [0.25, 0.3) is 0 Å². The summed E-state index contributed by atoms with van der Waals surface area (Å²) in [7, 11) is 0. The van der Waals surface area contributed by atoms with Crippen molar-refractivity contribution >= 4 is 16.9 Å². The van der Waals surface area contributed by atoms with E-state index in [0.717, 1.165) is 5.56 Å². The fourth-order valence-corrected chi connectivity index (χ4v) is 2.65. The quantitative estimate of drug-likeness (QED) is 0.766. The van der Waals surface area contributed by atoms with E-state index in [-0.39, 0.29) is 5.12 Å². The first-order chi connectivity index (χ1) is 8.21. The Morgan fingerprint density at radius 1 is 1.22 bits per heavy atom. The van der Waals surface area contributed by atoms with E-state index in [1.807, 2.05) is 13.8 Å². The standard InChI is InChI=1S/C15H22O2S/c1-10-7-14(8-11(2)12(10)3)9-17-15(5,6)18-13(4)16/h7-8H,9H2,1-6H3. The lowest BCUT2D eigenvalue weighted by Gasteiger charge is -2.23. The molecular weight excluding hydrogens is 244 g/mol. The van der Waals surface area contributed by atoms with E-state index >= 15 is 0 Å². The average molecular weight is 266 g/mol. The second-order valence-electron chi connectivity index (χ2n) is 5.14. The van der Waals surface area contributed by atoms with Crippen LogP contribution in [0.3, 0.4) is 0 Å². The van der Waals surface area contributed by atoms with E-state index in [2.05, 4.69) is 32.9 Å². The van der Waals surface area contributed by atoms with Crippen molar-refractivity contribution in [3.8, 4) is 0 Å². The Labute approximate surface area is 114 Å². The van der Waals surface area contributed by atoms with E-state index in [1.165, 1.54) is 28.5 Å². The smallest absolute Gasteiger partial charge is 0.188 e. The second kappa shape index (κ2) is 5.89. The molecule has 0 bridgehead atoms. The van der Waals surface area contributed by atoms with Crippen molar-refractivity contribution < 1.29 is 9.53 Å². The monoisotopic (exact) mass is 266 g/mol. The summed E-state index contributed by atoms with van der Waals surface area (Å²) in [4.78, 5) is 10.6. The van der Waals surface area contributed by atoms with Crippen molar-refractivity contribution in [2.75, 3.05) is 0 Å². The van der Waals surface area contributed by atoms with Crippen LogP contribution in [0.2, 0.25) is 0 Å². The van der Waals surface area contributed by atoms with Crippen LogP contribution in [0, 0.1) is 20.8 Å². The first-order valence-corrected chi connectivity index (χ1v) is 6.93. The summed E-state index contributed by atoms with van der Waals surface area (Å²) >= 11 is 1.23. The van der Waals surface area contributed by atoms with Crippen molar-refractivity contribution in [3.05, 3.63) is 34.4 Å². The molecule has 0 aliphatic rings. The SMILES string of the molecule is CC(=O)SC(C)(C)OCc1cc(C)c(C)c(C)c1. The molecule has 0 unspecified atom stereocenters. The van der Waals surface area contributed by atoms with Crippen molar-refractivity contribution in [2.24, 2.45) is 0 Å². The molecule has 0 saturated heterocycles. The minimum absolute atomic E-state index is 0.0799. The molecule has 0 atom stereocenters. The Hall–Kier alpha value is -0.800. The minimum Gasteiger partial charge on any atom is -0.360 e. The lowest BCUT2D eigenvalue weighted by atomic mass is 10.0. The molecule has 0 N–H and O–H groups in total. The molecule has 0 amide bonds. The molecule has 100 valence electrons. The number of benzene rings is 1. The molecule has 1 aromatic carbocycles. The van der Waals surface area contributed by atoms with Gasteiger partial charge in [-0.1, -0.05) is 23.9 Å². The number of hydrogen-bond donors (Lipinski definition) is 0. The Balaban J connectivity index is 2.72. The van der Waals surface area contributed by atoms with Gasteiger partial charge in [0.2, 0.25) is 0 Å². The summed E-state index contributed by atoms with van der Waals surface area (Å²) in [5.41, 5.74) is 5.06. The predicted octanol–water partition coefficient (Wildman–Crippen LogP) is 4.14. The molecule has 0 fully saturated rings. The molecular formula is C15H22O2S. The molecule has 1 rings (SSSR count). The van der Waals surface area contributed by atoms with Crippen molar-refractivity contribution in [2.45, 2.75) is 53.1 Å². The Morgan fingerprint density at radius 3 is 2.17 bits per heavy atom. The van der Waals surface area contributed by atoms with Gasteiger partial charge in [-0.15, -0.1) is 0 Å². The molecule has 0 spiro atoms. The zero-order valence-electron chi connectivity index (χ0n) is 12.1. The average Bonchev–Trinajstić information content (AvgIpc) is 2.21. The van der Waals surface area contributed by atoms with E-state index in [9.17, 15) is 4.79 Å². The van der Waals surface area contributed by atoms with Crippen molar-refractivity contribution in [3.63, 3.8) is 0 Å². The molecule has 0 aliphatic heterocycles. The van der Waals surface area contributed by atoms with Crippen LogP contribution in [-0.4, -0.2) is 10.0 Å². The largest absolute Gasteiger partial charge is 0.360 e. The van der Waals surface area contributed by atoms with E-state index < -0.39 is 4.93 Å². The first kappa shape index (κ1) is 15.3. The van der Waals surface area contributed by atoms with E-state index in [1.54, 1.807) is 6.92 Å². The molecule has 0 saturated carbocycles. The van der Waals surface area contributed by atoms with Gasteiger partial charge in [-0.2, -0.15) is 0 Å². The summed E-state index contributed by atoms with van der Waals surface area (Å²) in [5.74, 6) is 0. The van der Waals surface area contributed by atoms with Crippen LogP contribution in [0.15, 0.2) is 12.1 Å². The third-order valence-electron chi connectivity index (χ3n) is 2.96. The van der Waals surface area contributed by atoms with Crippen LogP contribution in [0.1, 0.15) is 43.0 Å². The summed E-state index contributed by atoms with van der Waals surface area (Å²) < 4.78 is 5.82. The first-order valence-electron chi connectivity index (χ1n) is 6.11. The molecule has 3 heteroatoms. The molecule has 0 aromatic heterocycles. The van der Waals surface area contributed by atoms with Crippen LogP contribution < -0.4 is 0 Å². The second-order valence-corrected chi connectivity index (χ2v) is 6.90. The highest BCUT2D eigenvalue weighted by Crippen LogP contribution is 2.28. The van der Waals surface area contributed by atoms with Gasteiger partial charge in [0.05, 0.1) is 6.61 Å².